The second-order valence-electron chi connectivity index (χ2n) is 9.94. The highest BCUT2D eigenvalue weighted by atomic mass is 16.6. The smallest absolute Gasteiger partial charge is 0.343 e. The highest BCUT2D eigenvalue weighted by Crippen LogP contribution is 2.22. The van der Waals surface area contributed by atoms with Gasteiger partial charge in [-0.25, -0.2) is 15.0 Å². The predicted octanol–water partition coefficient (Wildman–Crippen LogP) is 5.79. The van der Waals surface area contributed by atoms with Crippen molar-refractivity contribution in [2.75, 3.05) is 5.32 Å². The largest absolute Gasteiger partial charge is 0.423 e. The lowest BCUT2D eigenvalue weighted by Gasteiger charge is -2.08. The summed E-state index contributed by atoms with van der Waals surface area (Å²) in [4.78, 5) is 59.9. The van der Waals surface area contributed by atoms with Gasteiger partial charge in [0, 0.05) is 46.5 Å². The maximum absolute atomic E-state index is 12.7. The highest BCUT2D eigenvalue weighted by molar-refractivity contribution is 5.97. The minimum Gasteiger partial charge on any atom is -0.423 e. The molecule has 4 aromatic rings. The van der Waals surface area contributed by atoms with Crippen molar-refractivity contribution in [2.24, 2.45) is 11.0 Å². The number of non-ortho nitro benzene ring substituents is 1. The maximum Gasteiger partial charge on any atom is 0.343 e. The number of nitro benzene ring substituents is 1. The van der Waals surface area contributed by atoms with Crippen molar-refractivity contribution in [2.45, 2.75) is 13.8 Å². The Labute approximate surface area is 263 Å². The van der Waals surface area contributed by atoms with Crippen molar-refractivity contribution in [3.05, 3.63) is 136 Å². The van der Waals surface area contributed by atoms with Gasteiger partial charge in [0.1, 0.15) is 11.5 Å². The van der Waals surface area contributed by atoms with Gasteiger partial charge in [-0.05, 0) is 60.7 Å². The van der Waals surface area contributed by atoms with Crippen molar-refractivity contribution >= 4 is 47.4 Å². The summed E-state index contributed by atoms with van der Waals surface area (Å²) < 4.78 is 10.9. The molecule has 0 unspecified atom stereocenters. The average Bonchev–Trinajstić information content (AvgIpc) is 3.05. The summed E-state index contributed by atoms with van der Waals surface area (Å²) in [6.07, 6.45) is 3.90. The number of carbonyl (C=O) groups excluding carboxylic acids is 4. The third-order valence-corrected chi connectivity index (χ3v) is 6.27. The quantitative estimate of drug-likeness (QED) is 0.0531. The number of hydrazone groups is 1. The number of nitrogens with one attached hydrogen (secondary N) is 2. The van der Waals surface area contributed by atoms with E-state index in [4.69, 9.17) is 9.47 Å². The van der Waals surface area contributed by atoms with Crippen molar-refractivity contribution in [3.63, 3.8) is 0 Å². The molecule has 0 atom stereocenters. The first kappa shape index (κ1) is 32.5. The molecule has 0 heterocycles. The van der Waals surface area contributed by atoms with Gasteiger partial charge in [0.05, 0.1) is 16.7 Å². The Kier molecular flexibility index (Phi) is 10.8. The predicted molar refractivity (Wildman–Crippen MR) is 171 cm³/mol. The molecular formula is C34H28N4O8. The maximum atomic E-state index is 12.7. The van der Waals surface area contributed by atoms with Crippen LogP contribution in [0.3, 0.4) is 0 Å². The molecule has 12 nitrogen and oxygen atoms in total. The Balaban J connectivity index is 1.36. The molecule has 0 aromatic heterocycles. The molecule has 4 aromatic carbocycles. The molecule has 2 amide bonds. The van der Waals surface area contributed by atoms with Crippen LogP contribution in [0.5, 0.6) is 11.5 Å². The molecule has 2 N–H and O–H groups in total. The van der Waals surface area contributed by atoms with Crippen LogP contribution in [-0.2, 0) is 9.59 Å². The zero-order valence-corrected chi connectivity index (χ0v) is 24.7. The Morgan fingerprint density at radius 1 is 0.783 bits per heavy atom. The number of para-hydroxylation sites is 2. The molecule has 0 radical (unpaired) electrons. The molecular weight excluding hydrogens is 592 g/mol. The van der Waals surface area contributed by atoms with E-state index < -0.39 is 22.8 Å². The molecule has 0 spiro atoms. The van der Waals surface area contributed by atoms with E-state index in [1.165, 1.54) is 42.6 Å². The van der Waals surface area contributed by atoms with Gasteiger partial charge in [-0.3, -0.25) is 19.7 Å². The van der Waals surface area contributed by atoms with E-state index in [1.807, 2.05) is 0 Å². The van der Waals surface area contributed by atoms with Gasteiger partial charge in [0.15, 0.2) is 0 Å². The second-order valence-corrected chi connectivity index (χ2v) is 9.94. The monoisotopic (exact) mass is 620 g/mol. The van der Waals surface area contributed by atoms with Crippen LogP contribution >= 0.6 is 0 Å². The van der Waals surface area contributed by atoms with Gasteiger partial charge in [-0.15, -0.1) is 0 Å². The van der Waals surface area contributed by atoms with Gasteiger partial charge in [-0.1, -0.05) is 44.2 Å². The van der Waals surface area contributed by atoms with Crippen LogP contribution in [0.1, 0.15) is 45.7 Å². The summed E-state index contributed by atoms with van der Waals surface area (Å²) in [5.41, 5.74) is 4.07. The zero-order valence-electron chi connectivity index (χ0n) is 24.7. The number of hydrogen-bond acceptors (Lipinski definition) is 9. The molecule has 12 heteroatoms. The van der Waals surface area contributed by atoms with Crippen molar-refractivity contribution in [1.82, 2.24) is 5.43 Å². The lowest BCUT2D eigenvalue weighted by molar-refractivity contribution is -0.384. The van der Waals surface area contributed by atoms with Gasteiger partial charge < -0.3 is 14.8 Å². The topological polar surface area (TPSA) is 166 Å². The van der Waals surface area contributed by atoms with E-state index >= 15 is 0 Å². The summed E-state index contributed by atoms with van der Waals surface area (Å²) in [7, 11) is 0. The summed E-state index contributed by atoms with van der Waals surface area (Å²) in [6, 6.07) is 24.4. The summed E-state index contributed by atoms with van der Waals surface area (Å²) in [5.74, 6) is -1.92. The van der Waals surface area contributed by atoms with Crippen molar-refractivity contribution in [3.8, 4) is 11.5 Å². The molecule has 0 aliphatic rings. The second kappa shape index (κ2) is 15.3. The van der Waals surface area contributed by atoms with Gasteiger partial charge >= 0.3 is 11.9 Å². The Bertz CT molecular complexity index is 1810. The third-order valence-electron chi connectivity index (χ3n) is 6.27. The standard InChI is InChI=1S/C34H28N4O8/c1-22(2)32(40)36-27-16-11-24(12-17-27)33(41)37-35-21-26-8-4-6-10-30(26)45-31(39)20-15-23-7-3-5-9-29(23)46-34(42)25-13-18-28(19-14-25)38(43)44/h3-22H,1-2H3,(H,36,40)(H,37,41)/b20-15+,35-21+. The molecule has 0 aliphatic heterocycles. The molecule has 0 bridgehead atoms. The van der Waals surface area contributed by atoms with E-state index in [1.54, 1.807) is 80.6 Å². The van der Waals surface area contributed by atoms with Gasteiger partial charge in [0.25, 0.3) is 11.6 Å². The number of hydrogen-bond donors (Lipinski definition) is 2. The average molecular weight is 621 g/mol. The van der Waals surface area contributed by atoms with E-state index in [2.05, 4.69) is 15.8 Å². The zero-order chi connectivity index (χ0) is 33.1. The van der Waals surface area contributed by atoms with Crippen molar-refractivity contribution < 1.29 is 33.6 Å². The summed E-state index contributed by atoms with van der Waals surface area (Å²) in [5, 5.41) is 17.6. The SMILES string of the molecule is CC(C)C(=O)Nc1ccc(C(=O)N/N=C/c2ccccc2OC(=O)/C=C/c2ccccc2OC(=O)c2ccc([N+](=O)[O-])cc2)cc1. The third kappa shape index (κ3) is 9.04. The first-order valence-corrected chi connectivity index (χ1v) is 13.9. The van der Waals surface area contributed by atoms with Crippen LogP contribution in [0.15, 0.2) is 108 Å². The number of rotatable bonds is 11. The van der Waals surface area contributed by atoms with Crippen molar-refractivity contribution in [1.29, 1.82) is 0 Å². The number of nitrogens with zero attached hydrogens (tertiary/aromatic N) is 2. The number of amides is 2. The number of anilines is 1. The number of ether oxygens (including phenoxy) is 2. The number of benzene rings is 4. The minimum atomic E-state index is -0.731. The molecule has 232 valence electrons. The molecule has 0 aliphatic carbocycles. The summed E-state index contributed by atoms with van der Waals surface area (Å²) >= 11 is 0. The molecule has 0 saturated heterocycles. The lowest BCUT2D eigenvalue weighted by Crippen LogP contribution is -2.19. The van der Waals surface area contributed by atoms with Crippen LogP contribution in [0.2, 0.25) is 0 Å². The van der Waals surface area contributed by atoms with Crippen LogP contribution < -0.4 is 20.2 Å². The Morgan fingerprint density at radius 2 is 1.37 bits per heavy atom. The fourth-order valence-corrected chi connectivity index (χ4v) is 3.79. The first-order valence-electron chi connectivity index (χ1n) is 13.9. The Morgan fingerprint density at radius 3 is 2.00 bits per heavy atom. The van der Waals surface area contributed by atoms with Crippen LogP contribution in [-0.4, -0.2) is 34.9 Å². The molecule has 0 fully saturated rings. The van der Waals surface area contributed by atoms with Crippen LogP contribution in [0.25, 0.3) is 6.08 Å². The molecule has 4 rings (SSSR count). The van der Waals surface area contributed by atoms with E-state index in [0.717, 1.165) is 6.08 Å². The minimum absolute atomic E-state index is 0.114. The first-order chi connectivity index (χ1) is 22.1. The van der Waals surface area contributed by atoms with Gasteiger partial charge in [0.2, 0.25) is 5.91 Å². The summed E-state index contributed by atoms with van der Waals surface area (Å²) in [6.45, 7) is 3.56. The highest BCUT2D eigenvalue weighted by Gasteiger charge is 2.14. The Hall–Kier alpha value is -6.43. The number of esters is 2. The number of carbonyl (C=O) groups is 4. The van der Waals surface area contributed by atoms with Crippen LogP contribution in [0.4, 0.5) is 11.4 Å². The van der Waals surface area contributed by atoms with E-state index in [9.17, 15) is 29.3 Å². The van der Waals surface area contributed by atoms with E-state index in [0.29, 0.717) is 22.4 Å². The van der Waals surface area contributed by atoms with E-state index in [-0.39, 0.29) is 34.6 Å². The van der Waals surface area contributed by atoms with Crippen LogP contribution in [0, 0.1) is 16.0 Å². The fourth-order valence-electron chi connectivity index (χ4n) is 3.79. The molecule has 46 heavy (non-hydrogen) atoms. The normalized spacial score (nSPS) is 10.9. The molecule has 0 saturated carbocycles. The lowest BCUT2D eigenvalue weighted by atomic mass is 10.1. The number of nitro groups is 1. The fraction of sp³-hybridized carbons (Fsp3) is 0.0882. The van der Waals surface area contributed by atoms with Gasteiger partial charge in [-0.2, -0.15) is 5.10 Å².